The molecule has 0 bridgehead atoms. The van der Waals surface area contributed by atoms with Crippen LogP contribution >= 0.6 is 0 Å². The molecule has 0 aliphatic heterocycles. The molecular weight excluding hydrogens is 146 g/mol. The van der Waals surface area contributed by atoms with Crippen LogP contribution in [-0.4, -0.2) is 22.0 Å². The summed E-state index contributed by atoms with van der Waals surface area (Å²) in [5.74, 6) is -0.809. The number of oxime groups is 1. The van der Waals surface area contributed by atoms with Crippen molar-refractivity contribution in [2.45, 2.75) is 26.2 Å². The summed E-state index contributed by atoms with van der Waals surface area (Å²) >= 11 is 0. The molecule has 4 nitrogen and oxygen atoms in total. The third-order valence-electron chi connectivity index (χ3n) is 2.22. The Hall–Kier alpha value is -1.06. The molecule has 0 radical (unpaired) electrons. The van der Waals surface area contributed by atoms with Crippen molar-refractivity contribution in [3.05, 3.63) is 0 Å². The Morgan fingerprint density at radius 2 is 2.36 bits per heavy atom. The molecule has 0 aromatic carbocycles. The summed E-state index contributed by atoms with van der Waals surface area (Å²) in [4.78, 5) is 10.6. The zero-order valence-corrected chi connectivity index (χ0v) is 6.37. The summed E-state index contributed by atoms with van der Waals surface area (Å²) < 4.78 is 0. The van der Waals surface area contributed by atoms with Gasteiger partial charge in [0.15, 0.2) is 0 Å². The Morgan fingerprint density at radius 3 is 2.64 bits per heavy atom. The van der Waals surface area contributed by atoms with Crippen molar-refractivity contribution >= 4 is 11.7 Å². The van der Waals surface area contributed by atoms with Gasteiger partial charge in [-0.3, -0.25) is 4.79 Å². The van der Waals surface area contributed by atoms with E-state index in [0.29, 0.717) is 25.0 Å². The monoisotopic (exact) mass is 157 g/mol. The molecule has 62 valence electrons. The molecule has 0 amide bonds. The Labute approximate surface area is 64.5 Å². The maximum atomic E-state index is 10.6. The molecule has 11 heavy (non-hydrogen) atoms. The number of hydrogen-bond donors (Lipinski definition) is 2. The summed E-state index contributed by atoms with van der Waals surface area (Å²) in [6.07, 6.45) is 1.54. The third kappa shape index (κ3) is 1.34. The van der Waals surface area contributed by atoms with E-state index in [1.165, 1.54) is 0 Å². The van der Waals surface area contributed by atoms with Gasteiger partial charge in [-0.25, -0.2) is 0 Å². The lowest BCUT2D eigenvalue weighted by Gasteiger charge is -2.15. The van der Waals surface area contributed by atoms with Gasteiger partial charge in [-0.2, -0.15) is 0 Å². The SMILES string of the molecule is CC1(C(=O)O)CC/C(=N/O)C1. The number of hydrogen-bond acceptors (Lipinski definition) is 3. The molecule has 0 spiro atoms. The lowest BCUT2D eigenvalue weighted by atomic mass is 9.89. The van der Waals surface area contributed by atoms with Crippen LogP contribution < -0.4 is 0 Å². The Kier molecular flexibility index (Phi) is 1.85. The highest BCUT2D eigenvalue weighted by atomic mass is 16.4. The van der Waals surface area contributed by atoms with Crippen molar-refractivity contribution in [1.29, 1.82) is 0 Å². The molecule has 0 aromatic heterocycles. The molecule has 1 rings (SSSR count). The highest BCUT2D eigenvalue weighted by Crippen LogP contribution is 2.35. The zero-order chi connectivity index (χ0) is 8.48. The second-order valence-corrected chi connectivity index (χ2v) is 3.21. The predicted molar refractivity (Wildman–Crippen MR) is 38.8 cm³/mol. The number of nitrogens with zero attached hydrogens (tertiary/aromatic N) is 1. The molecule has 1 saturated carbocycles. The van der Waals surface area contributed by atoms with Gasteiger partial charge in [0.1, 0.15) is 0 Å². The van der Waals surface area contributed by atoms with Gasteiger partial charge in [-0.1, -0.05) is 5.16 Å². The number of rotatable bonds is 1. The van der Waals surface area contributed by atoms with Gasteiger partial charge in [0.25, 0.3) is 0 Å². The summed E-state index contributed by atoms with van der Waals surface area (Å²) in [5.41, 5.74) is -0.114. The highest BCUT2D eigenvalue weighted by Gasteiger charge is 2.39. The van der Waals surface area contributed by atoms with E-state index in [1.807, 2.05) is 0 Å². The normalized spacial score (nSPS) is 34.5. The number of aliphatic carboxylic acids is 1. The van der Waals surface area contributed by atoms with E-state index < -0.39 is 11.4 Å². The molecule has 1 aliphatic carbocycles. The summed E-state index contributed by atoms with van der Waals surface area (Å²) in [6.45, 7) is 1.67. The highest BCUT2D eigenvalue weighted by molar-refractivity contribution is 5.92. The van der Waals surface area contributed by atoms with Crippen molar-refractivity contribution in [2.75, 3.05) is 0 Å². The second-order valence-electron chi connectivity index (χ2n) is 3.21. The molecule has 0 aromatic rings. The average molecular weight is 157 g/mol. The van der Waals surface area contributed by atoms with Crippen LogP contribution in [0.2, 0.25) is 0 Å². The van der Waals surface area contributed by atoms with Gasteiger partial charge in [0.05, 0.1) is 11.1 Å². The van der Waals surface area contributed by atoms with Gasteiger partial charge in [-0.05, 0) is 19.8 Å². The van der Waals surface area contributed by atoms with Crippen molar-refractivity contribution in [3.8, 4) is 0 Å². The van der Waals surface area contributed by atoms with Crippen LogP contribution in [0.15, 0.2) is 5.16 Å². The van der Waals surface area contributed by atoms with E-state index in [4.69, 9.17) is 10.3 Å². The first-order valence-electron chi connectivity index (χ1n) is 3.52. The van der Waals surface area contributed by atoms with Crippen molar-refractivity contribution in [1.82, 2.24) is 0 Å². The van der Waals surface area contributed by atoms with E-state index >= 15 is 0 Å². The minimum atomic E-state index is -0.809. The standard InChI is InChI=1S/C7H11NO3/c1-7(6(9)10)3-2-5(4-7)8-11/h11H,2-4H2,1H3,(H,9,10)/b8-5-. The average Bonchev–Trinajstić information content (AvgIpc) is 2.33. The third-order valence-corrected chi connectivity index (χ3v) is 2.22. The number of carboxylic acids is 1. The fraction of sp³-hybridized carbons (Fsp3) is 0.714. The van der Waals surface area contributed by atoms with Gasteiger partial charge >= 0.3 is 5.97 Å². The first-order chi connectivity index (χ1) is 5.08. The molecule has 2 N–H and O–H groups in total. The topological polar surface area (TPSA) is 69.9 Å². The summed E-state index contributed by atoms with van der Waals surface area (Å²) in [5, 5.41) is 20.1. The van der Waals surface area contributed by atoms with Crippen molar-refractivity contribution < 1.29 is 15.1 Å². The zero-order valence-electron chi connectivity index (χ0n) is 6.37. The van der Waals surface area contributed by atoms with E-state index in [-0.39, 0.29) is 0 Å². The van der Waals surface area contributed by atoms with E-state index in [1.54, 1.807) is 6.92 Å². The molecular formula is C7H11NO3. The largest absolute Gasteiger partial charge is 0.481 e. The molecule has 1 unspecified atom stereocenters. The quantitative estimate of drug-likeness (QED) is 0.442. The molecule has 4 heteroatoms. The van der Waals surface area contributed by atoms with Crippen LogP contribution in [0.5, 0.6) is 0 Å². The van der Waals surface area contributed by atoms with E-state index in [0.717, 1.165) is 0 Å². The number of carbonyl (C=O) groups is 1. The molecule has 0 saturated heterocycles. The fourth-order valence-corrected chi connectivity index (χ4v) is 1.32. The lowest BCUT2D eigenvalue weighted by molar-refractivity contribution is -0.147. The van der Waals surface area contributed by atoms with E-state index in [2.05, 4.69) is 5.16 Å². The van der Waals surface area contributed by atoms with Crippen molar-refractivity contribution in [2.24, 2.45) is 10.6 Å². The Morgan fingerprint density at radius 1 is 1.73 bits per heavy atom. The van der Waals surface area contributed by atoms with Gasteiger partial charge < -0.3 is 10.3 Å². The first-order valence-corrected chi connectivity index (χ1v) is 3.52. The van der Waals surface area contributed by atoms with Crippen molar-refractivity contribution in [3.63, 3.8) is 0 Å². The number of carboxylic acid groups (broad SMARTS) is 1. The minimum absolute atomic E-state index is 0.374. The predicted octanol–water partition coefficient (Wildman–Crippen LogP) is 1.09. The summed E-state index contributed by atoms with van der Waals surface area (Å²) in [6, 6.07) is 0. The van der Waals surface area contributed by atoms with Gasteiger partial charge in [-0.15, -0.1) is 0 Å². The minimum Gasteiger partial charge on any atom is -0.481 e. The van der Waals surface area contributed by atoms with Crippen LogP contribution in [0.25, 0.3) is 0 Å². The van der Waals surface area contributed by atoms with Crippen LogP contribution in [0.4, 0.5) is 0 Å². The smallest absolute Gasteiger partial charge is 0.309 e. The summed E-state index contributed by atoms with van der Waals surface area (Å²) in [7, 11) is 0. The Balaban J connectivity index is 2.73. The van der Waals surface area contributed by atoms with Crippen LogP contribution in [0, 0.1) is 5.41 Å². The Bertz CT molecular complexity index is 212. The van der Waals surface area contributed by atoms with Gasteiger partial charge in [0, 0.05) is 6.42 Å². The van der Waals surface area contributed by atoms with Crippen LogP contribution in [-0.2, 0) is 4.79 Å². The fourth-order valence-electron chi connectivity index (χ4n) is 1.32. The van der Waals surface area contributed by atoms with Gasteiger partial charge in [0.2, 0.25) is 0 Å². The molecule has 0 heterocycles. The second kappa shape index (κ2) is 2.53. The molecule has 1 fully saturated rings. The van der Waals surface area contributed by atoms with E-state index in [9.17, 15) is 4.79 Å². The van der Waals surface area contributed by atoms with Crippen LogP contribution in [0.1, 0.15) is 26.2 Å². The first kappa shape index (κ1) is 8.04. The molecule has 1 aliphatic rings. The maximum absolute atomic E-state index is 10.6. The maximum Gasteiger partial charge on any atom is 0.309 e. The lowest BCUT2D eigenvalue weighted by Crippen LogP contribution is -2.23. The molecule has 1 atom stereocenters. The van der Waals surface area contributed by atoms with Crippen LogP contribution in [0.3, 0.4) is 0 Å².